The van der Waals surface area contributed by atoms with E-state index in [1.807, 2.05) is 36.4 Å². The summed E-state index contributed by atoms with van der Waals surface area (Å²) in [4.78, 5) is 14.7. The molecule has 3 aromatic rings. The summed E-state index contributed by atoms with van der Waals surface area (Å²) in [5.74, 6) is -0.851. The maximum absolute atomic E-state index is 11.3. The molecular formula is C18H16ClNO2. The number of aliphatic carboxylic acids is 1. The number of carboxylic acids is 1. The van der Waals surface area contributed by atoms with E-state index in [2.05, 4.69) is 18.0 Å². The Labute approximate surface area is 133 Å². The van der Waals surface area contributed by atoms with Gasteiger partial charge in [-0.3, -0.25) is 4.79 Å². The molecule has 0 atom stereocenters. The molecule has 0 saturated carbocycles. The molecule has 0 radical (unpaired) electrons. The first kappa shape index (κ1) is 14.7. The Bertz CT molecular complexity index is 851. The quantitative estimate of drug-likeness (QED) is 0.735. The molecule has 4 heteroatoms. The van der Waals surface area contributed by atoms with Crippen LogP contribution in [0.2, 0.25) is 5.02 Å². The number of hydrogen-bond acceptors (Lipinski definition) is 1. The Hall–Kier alpha value is -2.26. The molecule has 0 spiro atoms. The van der Waals surface area contributed by atoms with Gasteiger partial charge in [0.25, 0.3) is 0 Å². The number of hydrogen-bond donors (Lipinski definition) is 2. The van der Waals surface area contributed by atoms with E-state index in [1.165, 1.54) is 5.56 Å². The summed E-state index contributed by atoms with van der Waals surface area (Å²) in [5.41, 5.74) is 4.58. The van der Waals surface area contributed by atoms with Crippen LogP contribution in [0.25, 0.3) is 22.2 Å². The molecule has 22 heavy (non-hydrogen) atoms. The molecule has 2 N–H and O–H groups in total. The summed E-state index contributed by atoms with van der Waals surface area (Å²) in [6.07, 6.45) is 0.847. The van der Waals surface area contributed by atoms with Gasteiger partial charge in [0, 0.05) is 21.5 Å². The van der Waals surface area contributed by atoms with Crippen molar-refractivity contribution in [3.05, 3.63) is 58.6 Å². The number of rotatable bonds is 4. The van der Waals surface area contributed by atoms with Crippen molar-refractivity contribution in [1.82, 2.24) is 4.98 Å². The van der Waals surface area contributed by atoms with Crippen molar-refractivity contribution in [3.63, 3.8) is 0 Å². The highest BCUT2D eigenvalue weighted by Gasteiger charge is 2.18. The zero-order valence-electron chi connectivity index (χ0n) is 12.2. The first-order valence-corrected chi connectivity index (χ1v) is 7.58. The lowest BCUT2D eigenvalue weighted by molar-refractivity contribution is -0.136. The Balaban J connectivity index is 2.33. The number of fused-ring (bicyclic) bond motifs is 1. The molecule has 1 heterocycles. The van der Waals surface area contributed by atoms with Gasteiger partial charge in [0.2, 0.25) is 0 Å². The van der Waals surface area contributed by atoms with Crippen molar-refractivity contribution in [2.45, 2.75) is 19.8 Å². The van der Waals surface area contributed by atoms with Gasteiger partial charge in [0.15, 0.2) is 0 Å². The molecule has 0 aliphatic carbocycles. The maximum Gasteiger partial charge on any atom is 0.307 e. The van der Waals surface area contributed by atoms with Crippen LogP contribution in [0, 0.1) is 0 Å². The molecule has 0 aliphatic rings. The van der Waals surface area contributed by atoms with Gasteiger partial charge in [0.1, 0.15) is 0 Å². The smallest absolute Gasteiger partial charge is 0.307 e. The van der Waals surface area contributed by atoms with Crippen LogP contribution < -0.4 is 0 Å². The minimum absolute atomic E-state index is 0.0340. The SMILES string of the molecule is CCc1cccc2c(CC(=O)O)c(-c3ccccc3Cl)[nH]c12. The molecular weight excluding hydrogens is 298 g/mol. The van der Waals surface area contributed by atoms with E-state index in [4.69, 9.17) is 11.6 Å². The molecule has 1 aromatic heterocycles. The van der Waals surface area contributed by atoms with Gasteiger partial charge >= 0.3 is 5.97 Å². The number of H-pyrrole nitrogens is 1. The fourth-order valence-corrected chi connectivity index (χ4v) is 3.09. The lowest BCUT2D eigenvalue weighted by Crippen LogP contribution is -2.01. The topological polar surface area (TPSA) is 53.1 Å². The number of para-hydroxylation sites is 1. The van der Waals surface area contributed by atoms with Gasteiger partial charge < -0.3 is 10.1 Å². The van der Waals surface area contributed by atoms with E-state index in [0.717, 1.165) is 34.1 Å². The first-order chi connectivity index (χ1) is 10.6. The Morgan fingerprint density at radius 2 is 1.95 bits per heavy atom. The Morgan fingerprint density at radius 3 is 2.64 bits per heavy atom. The average Bonchev–Trinajstić information content (AvgIpc) is 2.86. The van der Waals surface area contributed by atoms with Crippen molar-refractivity contribution < 1.29 is 9.90 Å². The van der Waals surface area contributed by atoms with Gasteiger partial charge in [-0.1, -0.05) is 54.9 Å². The van der Waals surface area contributed by atoms with E-state index in [0.29, 0.717) is 5.02 Å². The predicted octanol–water partition coefficient (Wildman–Crippen LogP) is 4.68. The van der Waals surface area contributed by atoms with Crippen LogP contribution in [0.3, 0.4) is 0 Å². The molecule has 0 fully saturated rings. The molecule has 112 valence electrons. The number of aromatic amines is 1. The highest BCUT2D eigenvalue weighted by Crippen LogP contribution is 2.35. The summed E-state index contributed by atoms with van der Waals surface area (Å²) >= 11 is 6.30. The van der Waals surface area contributed by atoms with Gasteiger partial charge in [-0.25, -0.2) is 0 Å². The van der Waals surface area contributed by atoms with Gasteiger partial charge in [-0.15, -0.1) is 0 Å². The largest absolute Gasteiger partial charge is 0.481 e. The van der Waals surface area contributed by atoms with Crippen LogP contribution in [0.1, 0.15) is 18.1 Å². The van der Waals surface area contributed by atoms with E-state index in [1.54, 1.807) is 0 Å². The number of benzene rings is 2. The monoisotopic (exact) mass is 313 g/mol. The highest BCUT2D eigenvalue weighted by molar-refractivity contribution is 6.33. The summed E-state index contributed by atoms with van der Waals surface area (Å²) in [7, 11) is 0. The van der Waals surface area contributed by atoms with E-state index in [9.17, 15) is 9.90 Å². The third kappa shape index (κ3) is 2.48. The normalized spacial score (nSPS) is 11.0. The predicted molar refractivity (Wildman–Crippen MR) is 89.5 cm³/mol. The molecule has 0 amide bonds. The average molecular weight is 314 g/mol. The second kappa shape index (κ2) is 5.85. The van der Waals surface area contributed by atoms with Crippen LogP contribution in [0.15, 0.2) is 42.5 Å². The van der Waals surface area contributed by atoms with Gasteiger partial charge in [-0.05, 0) is 23.6 Å². The molecule has 0 bridgehead atoms. The molecule has 2 aromatic carbocycles. The summed E-state index contributed by atoms with van der Waals surface area (Å²) in [6.45, 7) is 2.08. The van der Waals surface area contributed by atoms with E-state index < -0.39 is 5.97 Å². The maximum atomic E-state index is 11.3. The number of halogens is 1. The van der Waals surface area contributed by atoms with Gasteiger partial charge in [-0.2, -0.15) is 0 Å². The minimum atomic E-state index is -0.851. The van der Waals surface area contributed by atoms with Crippen LogP contribution in [0.4, 0.5) is 0 Å². The van der Waals surface area contributed by atoms with E-state index >= 15 is 0 Å². The molecule has 3 rings (SSSR count). The Kier molecular flexibility index (Phi) is 3.90. The number of aryl methyl sites for hydroxylation is 1. The van der Waals surface area contributed by atoms with Crippen LogP contribution in [-0.4, -0.2) is 16.1 Å². The molecule has 0 aliphatic heterocycles. The minimum Gasteiger partial charge on any atom is -0.481 e. The molecule has 0 saturated heterocycles. The standard InChI is InChI=1S/C18H16ClNO2/c1-2-11-6-5-8-12-14(10-16(21)22)18(20-17(11)12)13-7-3-4-9-15(13)19/h3-9,20H,2,10H2,1H3,(H,21,22). The summed E-state index contributed by atoms with van der Waals surface area (Å²) < 4.78 is 0. The number of aromatic nitrogens is 1. The lowest BCUT2D eigenvalue weighted by Gasteiger charge is -2.05. The van der Waals surface area contributed by atoms with Crippen LogP contribution in [-0.2, 0) is 17.6 Å². The Morgan fingerprint density at radius 1 is 1.18 bits per heavy atom. The van der Waals surface area contributed by atoms with E-state index in [-0.39, 0.29) is 6.42 Å². The third-order valence-corrected chi connectivity index (χ3v) is 4.21. The van der Waals surface area contributed by atoms with Crippen molar-refractivity contribution in [2.75, 3.05) is 0 Å². The van der Waals surface area contributed by atoms with Crippen molar-refractivity contribution in [3.8, 4) is 11.3 Å². The first-order valence-electron chi connectivity index (χ1n) is 7.21. The summed E-state index contributed by atoms with van der Waals surface area (Å²) in [6, 6.07) is 13.5. The van der Waals surface area contributed by atoms with Crippen molar-refractivity contribution in [1.29, 1.82) is 0 Å². The zero-order valence-corrected chi connectivity index (χ0v) is 12.9. The molecule has 0 unspecified atom stereocenters. The van der Waals surface area contributed by atoms with Crippen LogP contribution in [0.5, 0.6) is 0 Å². The lowest BCUT2D eigenvalue weighted by atomic mass is 10.0. The highest BCUT2D eigenvalue weighted by atomic mass is 35.5. The number of nitrogens with one attached hydrogen (secondary N) is 1. The number of carboxylic acid groups (broad SMARTS) is 1. The fourth-order valence-electron chi connectivity index (χ4n) is 2.86. The van der Waals surface area contributed by atoms with Gasteiger partial charge in [0.05, 0.1) is 12.1 Å². The van der Waals surface area contributed by atoms with Crippen molar-refractivity contribution in [2.24, 2.45) is 0 Å². The summed E-state index contributed by atoms with van der Waals surface area (Å²) in [5, 5.41) is 10.8. The van der Waals surface area contributed by atoms with Crippen LogP contribution >= 0.6 is 11.6 Å². The zero-order chi connectivity index (χ0) is 15.7. The second-order valence-corrected chi connectivity index (χ2v) is 5.63. The van der Waals surface area contributed by atoms with Crippen molar-refractivity contribution >= 4 is 28.5 Å². The fraction of sp³-hybridized carbons (Fsp3) is 0.167. The number of carbonyl (C=O) groups is 1. The second-order valence-electron chi connectivity index (χ2n) is 5.22. The molecule has 3 nitrogen and oxygen atoms in total. The third-order valence-electron chi connectivity index (χ3n) is 3.88.